The molecule has 0 radical (unpaired) electrons. The van der Waals surface area contributed by atoms with Crippen LogP contribution < -0.4 is 19.5 Å². The van der Waals surface area contributed by atoms with E-state index in [-0.39, 0.29) is 30.4 Å². The van der Waals surface area contributed by atoms with Crippen LogP contribution in [0.2, 0.25) is 0 Å². The van der Waals surface area contributed by atoms with Crippen molar-refractivity contribution in [2.24, 2.45) is 0 Å². The zero-order valence-electron chi connectivity index (χ0n) is 23.7. The van der Waals surface area contributed by atoms with Gasteiger partial charge in [-0.2, -0.15) is 4.98 Å². The van der Waals surface area contributed by atoms with Gasteiger partial charge < -0.3 is 24.4 Å². The molecule has 8 bridgehead atoms. The summed E-state index contributed by atoms with van der Waals surface area (Å²) in [5, 5.41) is 7.12. The number of hydrogen-bond donors (Lipinski definition) is 1. The highest BCUT2D eigenvalue weighted by molar-refractivity contribution is 5.95. The number of halogens is 1. The van der Waals surface area contributed by atoms with Crippen LogP contribution in [0, 0.1) is 5.82 Å². The minimum absolute atomic E-state index is 0.0470. The molecule has 222 valence electrons. The van der Waals surface area contributed by atoms with E-state index in [2.05, 4.69) is 20.4 Å². The van der Waals surface area contributed by atoms with Gasteiger partial charge in [0.05, 0.1) is 25.3 Å². The summed E-state index contributed by atoms with van der Waals surface area (Å²) in [4.78, 5) is 37.1. The van der Waals surface area contributed by atoms with Crippen molar-refractivity contribution >= 4 is 17.6 Å². The van der Waals surface area contributed by atoms with Gasteiger partial charge in [-0.3, -0.25) is 9.59 Å². The fourth-order valence-corrected chi connectivity index (χ4v) is 5.60. The Morgan fingerprint density at radius 2 is 1.98 bits per heavy atom. The lowest BCUT2D eigenvalue weighted by molar-refractivity contribution is 0.0681. The van der Waals surface area contributed by atoms with Crippen molar-refractivity contribution < 1.29 is 28.2 Å². The average Bonchev–Trinajstić information content (AvgIpc) is 3.48. The lowest BCUT2D eigenvalue weighted by atomic mass is 9.87. The van der Waals surface area contributed by atoms with Gasteiger partial charge in [-0.05, 0) is 78.1 Å². The van der Waals surface area contributed by atoms with Crippen molar-refractivity contribution in [3.05, 3.63) is 107 Å². The van der Waals surface area contributed by atoms with E-state index in [9.17, 15) is 14.0 Å². The standard InChI is InChI=1S/C32H27FN6O5/c1-42-26-9-4-20-17-27(26)43-15-3-12-34-30(40)24-18-22(6-8-25(24)33)44-21-5-7-23-19(16-21)10-14-38(28(20)23)31(41)29-36-32-35-11-2-13-39(32)37-29/h2,4-9,11,13,16-18,28H,3,10,12,14-15H2,1H3,(H,34,40). The normalized spacial score (nSPS) is 16.4. The smallest absolute Gasteiger partial charge is 0.294 e. The van der Waals surface area contributed by atoms with Crippen LogP contribution in [0.5, 0.6) is 23.0 Å². The minimum atomic E-state index is -0.643. The summed E-state index contributed by atoms with van der Waals surface area (Å²) in [6.07, 6.45) is 4.29. The number of nitrogens with one attached hydrogen (secondary N) is 1. The molecule has 0 aliphatic carbocycles. The molecule has 2 aromatic heterocycles. The van der Waals surface area contributed by atoms with Gasteiger partial charge in [0.1, 0.15) is 17.3 Å². The highest BCUT2D eigenvalue weighted by Gasteiger charge is 2.35. The molecule has 5 aromatic rings. The predicted molar refractivity (Wildman–Crippen MR) is 156 cm³/mol. The highest BCUT2D eigenvalue weighted by Crippen LogP contribution is 2.41. The molecule has 1 atom stereocenters. The van der Waals surface area contributed by atoms with Gasteiger partial charge >= 0.3 is 0 Å². The topological polar surface area (TPSA) is 120 Å². The molecule has 12 heteroatoms. The first-order valence-corrected chi connectivity index (χ1v) is 14.2. The van der Waals surface area contributed by atoms with Crippen LogP contribution in [-0.2, 0) is 6.42 Å². The fourth-order valence-electron chi connectivity index (χ4n) is 5.60. The highest BCUT2D eigenvalue weighted by atomic mass is 19.1. The van der Waals surface area contributed by atoms with Crippen molar-refractivity contribution in [2.75, 3.05) is 26.8 Å². The van der Waals surface area contributed by atoms with Gasteiger partial charge in [0.2, 0.25) is 5.82 Å². The van der Waals surface area contributed by atoms with Crippen molar-refractivity contribution in [3.63, 3.8) is 0 Å². The molecule has 2 amide bonds. The monoisotopic (exact) mass is 594 g/mol. The number of benzene rings is 3. The number of hydrogen-bond acceptors (Lipinski definition) is 8. The van der Waals surface area contributed by atoms with E-state index in [1.807, 2.05) is 30.3 Å². The van der Waals surface area contributed by atoms with Crippen LogP contribution in [0.1, 0.15) is 50.1 Å². The van der Waals surface area contributed by atoms with Crippen molar-refractivity contribution in [3.8, 4) is 23.0 Å². The van der Waals surface area contributed by atoms with Crippen LogP contribution in [0.25, 0.3) is 5.78 Å². The Morgan fingerprint density at radius 1 is 1.11 bits per heavy atom. The number of fused-ring (bicyclic) bond motifs is 7. The second-order valence-corrected chi connectivity index (χ2v) is 10.4. The quantitative estimate of drug-likeness (QED) is 0.320. The Kier molecular flexibility index (Phi) is 7.01. The zero-order valence-corrected chi connectivity index (χ0v) is 23.7. The fraction of sp³-hybridized carbons (Fsp3) is 0.219. The molecular formula is C32H27FN6O5. The predicted octanol–water partition coefficient (Wildman–Crippen LogP) is 4.36. The molecule has 1 N–H and O–H groups in total. The number of rotatable bonds is 2. The van der Waals surface area contributed by atoms with E-state index in [1.54, 1.807) is 36.5 Å². The largest absolute Gasteiger partial charge is 0.493 e. The van der Waals surface area contributed by atoms with Crippen LogP contribution >= 0.6 is 0 Å². The van der Waals surface area contributed by atoms with Gasteiger partial charge in [0, 0.05) is 25.5 Å². The number of carbonyl (C=O) groups is 2. The maximum atomic E-state index is 14.6. The first-order chi connectivity index (χ1) is 21.5. The molecule has 11 nitrogen and oxygen atoms in total. The molecule has 0 spiro atoms. The summed E-state index contributed by atoms with van der Waals surface area (Å²) in [5.74, 6) is 0.734. The Morgan fingerprint density at radius 3 is 2.84 bits per heavy atom. The maximum Gasteiger partial charge on any atom is 0.294 e. The molecule has 5 heterocycles. The summed E-state index contributed by atoms with van der Waals surface area (Å²) in [6.45, 7) is 0.907. The Balaban J connectivity index is 1.33. The van der Waals surface area contributed by atoms with E-state index in [0.717, 1.165) is 16.7 Å². The molecule has 44 heavy (non-hydrogen) atoms. The van der Waals surface area contributed by atoms with Crippen molar-refractivity contribution in [1.82, 2.24) is 29.8 Å². The van der Waals surface area contributed by atoms with E-state index in [4.69, 9.17) is 14.2 Å². The zero-order chi connectivity index (χ0) is 30.2. The van der Waals surface area contributed by atoms with E-state index >= 15 is 0 Å². The van der Waals surface area contributed by atoms with Crippen LogP contribution in [0.15, 0.2) is 73.1 Å². The molecular weight excluding hydrogens is 567 g/mol. The Bertz CT molecular complexity index is 1880. The summed E-state index contributed by atoms with van der Waals surface area (Å²) in [7, 11) is 1.56. The first-order valence-electron chi connectivity index (χ1n) is 14.2. The number of methoxy groups -OCH3 is 1. The molecule has 8 rings (SSSR count). The average molecular weight is 595 g/mol. The Labute approximate surface area is 251 Å². The summed E-state index contributed by atoms with van der Waals surface area (Å²) >= 11 is 0. The summed E-state index contributed by atoms with van der Waals surface area (Å²) < 4.78 is 33.8. The molecule has 1 unspecified atom stereocenters. The second kappa shape index (κ2) is 11.3. The molecule has 3 aliphatic rings. The molecule has 0 fully saturated rings. The Hall–Kier alpha value is -5.52. The molecule has 0 saturated heterocycles. The van der Waals surface area contributed by atoms with Gasteiger partial charge in [-0.15, -0.1) is 5.10 Å². The maximum absolute atomic E-state index is 14.6. The SMILES string of the molecule is COc1ccc2cc1OCCCNC(=O)c1cc(ccc1F)Oc1ccc3c(c1)CCN(C(=O)c1nc4ncccn4n1)C23. The molecule has 3 aromatic carbocycles. The minimum Gasteiger partial charge on any atom is -0.493 e. The summed E-state index contributed by atoms with van der Waals surface area (Å²) in [5.41, 5.74) is 2.57. The van der Waals surface area contributed by atoms with Gasteiger partial charge in [-0.25, -0.2) is 13.9 Å². The molecule has 3 aliphatic heterocycles. The van der Waals surface area contributed by atoms with Crippen LogP contribution in [0.4, 0.5) is 4.39 Å². The first kappa shape index (κ1) is 27.3. The van der Waals surface area contributed by atoms with Crippen LogP contribution in [0.3, 0.4) is 0 Å². The number of ether oxygens (including phenoxy) is 3. The van der Waals surface area contributed by atoms with Gasteiger partial charge in [0.25, 0.3) is 17.6 Å². The van der Waals surface area contributed by atoms with Crippen molar-refractivity contribution in [1.29, 1.82) is 0 Å². The second-order valence-electron chi connectivity index (χ2n) is 10.4. The number of carbonyl (C=O) groups excluding carboxylic acids is 2. The number of amides is 2. The van der Waals surface area contributed by atoms with Crippen LogP contribution in [-0.4, -0.2) is 63.1 Å². The van der Waals surface area contributed by atoms with E-state index < -0.39 is 17.8 Å². The third kappa shape index (κ3) is 5.04. The number of nitrogens with zero attached hydrogens (tertiary/aromatic N) is 5. The van der Waals surface area contributed by atoms with Gasteiger partial charge in [-0.1, -0.05) is 12.1 Å². The lowest BCUT2D eigenvalue weighted by Gasteiger charge is -2.37. The van der Waals surface area contributed by atoms with E-state index in [0.29, 0.717) is 48.2 Å². The number of aromatic nitrogens is 4. The third-order valence-electron chi connectivity index (χ3n) is 7.70. The van der Waals surface area contributed by atoms with Crippen molar-refractivity contribution in [2.45, 2.75) is 18.9 Å². The van der Waals surface area contributed by atoms with E-state index in [1.165, 1.54) is 22.7 Å². The van der Waals surface area contributed by atoms with Gasteiger partial charge in [0.15, 0.2) is 11.5 Å². The third-order valence-corrected chi connectivity index (χ3v) is 7.70. The lowest BCUT2D eigenvalue weighted by Crippen LogP contribution is -2.41. The molecule has 0 saturated carbocycles. The summed E-state index contributed by atoms with van der Waals surface area (Å²) in [6, 6.07) is 16.5.